The van der Waals surface area contributed by atoms with Crippen molar-refractivity contribution in [1.82, 2.24) is 10.2 Å². The number of nitrogens with one attached hydrogen (secondary N) is 1. The highest BCUT2D eigenvalue weighted by Gasteiger charge is 2.35. The maximum Gasteiger partial charge on any atom is 0.417 e. The average Bonchev–Trinajstić information content (AvgIpc) is 3.18. The summed E-state index contributed by atoms with van der Waals surface area (Å²) in [5.74, 6) is 0. The highest BCUT2D eigenvalue weighted by molar-refractivity contribution is 6.32. The van der Waals surface area contributed by atoms with Crippen molar-refractivity contribution in [3.05, 3.63) is 34.3 Å². The quantitative estimate of drug-likeness (QED) is 0.865. The van der Waals surface area contributed by atoms with Crippen LogP contribution in [0.4, 0.5) is 13.2 Å². The van der Waals surface area contributed by atoms with E-state index >= 15 is 0 Å². The molecule has 0 spiro atoms. The van der Waals surface area contributed by atoms with E-state index in [1.54, 1.807) is 6.07 Å². The summed E-state index contributed by atoms with van der Waals surface area (Å²) in [5, 5.41) is 3.21. The van der Waals surface area contributed by atoms with Gasteiger partial charge in [0.25, 0.3) is 0 Å². The van der Waals surface area contributed by atoms with E-state index < -0.39 is 11.7 Å². The van der Waals surface area contributed by atoms with Crippen LogP contribution in [-0.4, -0.2) is 30.1 Å². The molecule has 2 fully saturated rings. The first kappa shape index (κ1) is 17.1. The van der Waals surface area contributed by atoms with Gasteiger partial charge in [-0.3, -0.25) is 4.90 Å². The second kappa shape index (κ2) is 6.99. The van der Waals surface area contributed by atoms with Crippen LogP contribution in [0.25, 0.3) is 0 Å². The smallest absolute Gasteiger partial charge is 0.315 e. The van der Waals surface area contributed by atoms with Gasteiger partial charge in [-0.1, -0.05) is 36.6 Å². The topological polar surface area (TPSA) is 15.3 Å². The predicted octanol–water partition coefficient (Wildman–Crippen LogP) is 4.47. The first-order valence-electron chi connectivity index (χ1n) is 8.28. The van der Waals surface area contributed by atoms with E-state index in [4.69, 9.17) is 11.6 Å². The number of hydrogen-bond donors (Lipinski definition) is 1. The van der Waals surface area contributed by atoms with Gasteiger partial charge in [-0.15, -0.1) is 0 Å². The SMILES string of the molecule is FC(F)(F)c1cccc(CN(C2CCCC2)[C@H]2CCNC2)c1Cl. The third kappa shape index (κ3) is 3.83. The van der Waals surface area contributed by atoms with Crippen LogP contribution in [0, 0.1) is 0 Å². The molecule has 2 aliphatic rings. The fourth-order valence-electron chi connectivity index (χ4n) is 3.83. The van der Waals surface area contributed by atoms with Gasteiger partial charge in [0.05, 0.1) is 10.6 Å². The summed E-state index contributed by atoms with van der Waals surface area (Å²) in [4.78, 5) is 2.38. The highest BCUT2D eigenvalue weighted by atomic mass is 35.5. The Morgan fingerprint density at radius 2 is 1.87 bits per heavy atom. The van der Waals surface area contributed by atoms with E-state index in [0.29, 0.717) is 24.2 Å². The van der Waals surface area contributed by atoms with E-state index in [2.05, 4.69) is 10.2 Å². The minimum Gasteiger partial charge on any atom is -0.315 e. The van der Waals surface area contributed by atoms with Gasteiger partial charge in [-0.05, 0) is 37.4 Å². The molecule has 128 valence electrons. The number of rotatable bonds is 4. The third-order valence-corrected chi connectivity index (χ3v) is 5.48. The van der Waals surface area contributed by atoms with Crippen LogP contribution >= 0.6 is 11.6 Å². The summed E-state index contributed by atoms with van der Waals surface area (Å²) < 4.78 is 39.2. The average molecular weight is 347 g/mol. The van der Waals surface area contributed by atoms with E-state index in [0.717, 1.165) is 38.4 Å². The summed E-state index contributed by atoms with van der Waals surface area (Å²) >= 11 is 6.09. The van der Waals surface area contributed by atoms with Crippen molar-refractivity contribution in [2.24, 2.45) is 0 Å². The first-order chi connectivity index (χ1) is 11.0. The van der Waals surface area contributed by atoms with Crippen LogP contribution in [0.15, 0.2) is 18.2 Å². The minimum atomic E-state index is -4.40. The van der Waals surface area contributed by atoms with Crippen molar-refractivity contribution in [3.8, 4) is 0 Å². The summed E-state index contributed by atoms with van der Waals surface area (Å²) in [6, 6.07) is 5.10. The molecule has 0 amide bonds. The van der Waals surface area contributed by atoms with Crippen LogP contribution in [0.5, 0.6) is 0 Å². The lowest BCUT2D eigenvalue weighted by atomic mass is 10.0. The standard InChI is InChI=1S/C17H22ClF3N2/c18-16-12(4-3-7-15(16)17(19,20)21)11-23(13-5-1-2-6-13)14-8-9-22-10-14/h3-4,7,13-14,22H,1-2,5-6,8-11H2/t14-/m0/s1. The van der Waals surface area contributed by atoms with E-state index in [9.17, 15) is 13.2 Å². The summed E-state index contributed by atoms with van der Waals surface area (Å²) in [5.41, 5.74) is -0.145. The molecule has 1 saturated heterocycles. The van der Waals surface area contributed by atoms with Gasteiger partial charge in [0, 0.05) is 25.2 Å². The monoisotopic (exact) mass is 346 g/mol. The second-order valence-electron chi connectivity index (χ2n) is 6.53. The summed E-state index contributed by atoms with van der Waals surface area (Å²) in [7, 11) is 0. The molecular formula is C17H22ClF3N2. The van der Waals surface area contributed by atoms with Crippen LogP contribution in [0.1, 0.15) is 43.2 Å². The van der Waals surface area contributed by atoms with Gasteiger partial charge in [-0.2, -0.15) is 13.2 Å². The Bertz CT molecular complexity index is 519. The molecule has 1 atom stereocenters. The number of alkyl halides is 3. The van der Waals surface area contributed by atoms with E-state index in [-0.39, 0.29) is 5.02 Å². The van der Waals surface area contributed by atoms with Crippen molar-refractivity contribution in [3.63, 3.8) is 0 Å². The normalized spacial score (nSPS) is 23.1. The molecule has 1 aromatic rings. The lowest BCUT2D eigenvalue weighted by Crippen LogP contribution is -2.42. The molecule has 3 rings (SSSR count). The number of halogens is 4. The van der Waals surface area contributed by atoms with Gasteiger partial charge in [0.2, 0.25) is 0 Å². The van der Waals surface area contributed by atoms with Gasteiger partial charge in [0.1, 0.15) is 0 Å². The van der Waals surface area contributed by atoms with Gasteiger partial charge in [-0.25, -0.2) is 0 Å². The Morgan fingerprint density at radius 3 is 2.48 bits per heavy atom. The molecule has 2 nitrogen and oxygen atoms in total. The zero-order valence-corrected chi connectivity index (χ0v) is 13.8. The fourth-order valence-corrected chi connectivity index (χ4v) is 4.13. The Hall–Kier alpha value is -0.780. The Balaban J connectivity index is 1.84. The molecule has 1 aromatic carbocycles. The molecule has 6 heteroatoms. The van der Waals surface area contributed by atoms with Crippen molar-refractivity contribution in [1.29, 1.82) is 0 Å². The Morgan fingerprint density at radius 1 is 1.13 bits per heavy atom. The zero-order valence-electron chi connectivity index (χ0n) is 13.0. The fraction of sp³-hybridized carbons (Fsp3) is 0.647. The van der Waals surface area contributed by atoms with Crippen molar-refractivity contribution in [2.75, 3.05) is 13.1 Å². The van der Waals surface area contributed by atoms with Crippen molar-refractivity contribution in [2.45, 2.75) is 56.9 Å². The van der Waals surface area contributed by atoms with Crippen LogP contribution in [0.3, 0.4) is 0 Å². The molecule has 0 unspecified atom stereocenters. The van der Waals surface area contributed by atoms with Gasteiger partial charge in [0.15, 0.2) is 0 Å². The number of hydrogen-bond acceptors (Lipinski definition) is 2. The molecule has 1 saturated carbocycles. The van der Waals surface area contributed by atoms with Crippen molar-refractivity contribution < 1.29 is 13.2 Å². The molecular weight excluding hydrogens is 325 g/mol. The molecule has 1 aliphatic heterocycles. The molecule has 0 radical (unpaired) electrons. The second-order valence-corrected chi connectivity index (χ2v) is 6.91. The van der Waals surface area contributed by atoms with E-state index in [1.807, 2.05) is 0 Å². The molecule has 0 aromatic heterocycles. The Labute approximate surface area is 140 Å². The maximum absolute atomic E-state index is 13.1. The number of benzene rings is 1. The van der Waals surface area contributed by atoms with Gasteiger partial charge >= 0.3 is 6.18 Å². The van der Waals surface area contributed by atoms with E-state index in [1.165, 1.54) is 18.9 Å². The third-order valence-electron chi connectivity index (χ3n) is 5.03. The molecule has 0 bridgehead atoms. The maximum atomic E-state index is 13.1. The number of nitrogens with zero attached hydrogens (tertiary/aromatic N) is 1. The Kier molecular flexibility index (Phi) is 5.19. The highest BCUT2D eigenvalue weighted by Crippen LogP contribution is 2.37. The minimum absolute atomic E-state index is 0.144. The largest absolute Gasteiger partial charge is 0.417 e. The van der Waals surface area contributed by atoms with Crippen LogP contribution in [-0.2, 0) is 12.7 Å². The molecule has 1 heterocycles. The molecule has 1 aliphatic carbocycles. The lowest BCUT2D eigenvalue weighted by molar-refractivity contribution is -0.137. The van der Waals surface area contributed by atoms with Crippen LogP contribution < -0.4 is 5.32 Å². The van der Waals surface area contributed by atoms with Crippen LogP contribution in [0.2, 0.25) is 5.02 Å². The zero-order chi connectivity index (χ0) is 16.4. The lowest BCUT2D eigenvalue weighted by Gasteiger charge is -2.34. The predicted molar refractivity (Wildman–Crippen MR) is 85.5 cm³/mol. The first-order valence-corrected chi connectivity index (χ1v) is 8.65. The molecule has 23 heavy (non-hydrogen) atoms. The van der Waals surface area contributed by atoms with Crippen molar-refractivity contribution >= 4 is 11.6 Å². The molecule has 1 N–H and O–H groups in total. The van der Waals surface area contributed by atoms with Gasteiger partial charge < -0.3 is 5.32 Å². The summed E-state index contributed by atoms with van der Waals surface area (Å²) in [6.45, 7) is 2.39. The summed E-state index contributed by atoms with van der Waals surface area (Å²) in [6.07, 6.45) is 1.32.